The molecule has 1 aliphatic rings. The van der Waals surface area contributed by atoms with Crippen LogP contribution < -0.4 is 26.0 Å². The van der Waals surface area contributed by atoms with Crippen LogP contribution in [0.1, 0.15) is 22.3 Å². The first kappa shape index (κ1) is 21.8. The molecule has 1 aliphatic heterocycles. The van der Waals surface area contributed by atoms with Gasteiger partial charge >= 0.3 is 0 Å². The highest BCUT2D eigenvalue weighted by Crippen LogP contribution is 2.32. The number of methoxy groups -OCH3 is 1. The molecule has 4 amide bonds. The molecule has 3 rings (SSSR count). The highest BCUT2D eigenvalue weighted by molar-refractivity contribution is 6.01. The molecule has 0 aliphatic carbocycles. The summed E-state index contributed by atoms with van der Waals surface area (Å²) in [4.78, 5) is 49.2. The molecular weight excluding hydrogens is 400 g/mol. The first-order valence-electron chi connectivity index (χ1n) is 9.75. The summed E-state index contributed by atoms with van der Waals surface area (Å²) in [5.41, 5.74) is 6.83. The lowest BCUT2D eigenvalue weighted by atomic mass is 10.1. The van der Waals surface area contributed by atoms with Crippen LogP contribution in [0.4, 0.5) is 5.69 Å². The first-order valence-corrected chi connectivity index (χ1v) is 9.75. The Morgan fingerprint density at radius 3 is 2.48 bits per heavy atom. The maximum atomic E-state index is 12.6. The number of nitrogens with zero attached hydrogens (tertiary/aromatic N) is 1. The number of ether oxygens (including phenoxy) is 1. The van der Waals surface area contributed by atoms with E-state index in [1.165, 1.54) is 7.11 Å². The average molecular weight is 424 g/mol. The first-order chi connectivity index (χ1) is 14.9. The molecule has 0 radical (unpaired) electrons. The van der Waals surface area contributed by atoms with Gasteiger partial charge in [-0.25, -0.2) is 0 Å². The van der Waals surface area contributed by atoms with Crippen LogP contribution in [0, 0.1) is 5.92 Å². The molecular formula is C22H24N4O5. The Labute approximate surface area is 179 Å². The van der Waals surface area contributed by atoms with E-state index in [9.17, 15) is 19.2 Å². The molecule has 1 heterocycles. The van der Waals surface area contributed by atoms with Crippen LogP contribution in [0.15, 0.2) is 48.5 Å². The smallest absolute Gasteiger partial charge is 0.251 e. The summed E-state index contributed by atoms with van der Waals surface area (Å²) in [6.07, 6.45) is 0.128. The molecule has 9 nitrogen and oxygen atoms in total. The molecule has 1 saturated heterocycles. The summed E-state index contributed by atoms with van der Waals surface area (Å²) < 4.78 is 5.31. The fourth-order valence-electron chi connectivity index (χ4n) is 3.35. The minimum atomic E-state index is -0.623. The predicted molar refractivity (Wildman–Crippen MR) is 113 cm³/mol. The van der Waals surface area contributed by atoms with Crippen LogP contribution in [-0.2, 0) is 20.9 Å². The van der Waals surface area contributed by atoms with E-state index in [0.717, 1.165) is 5.56 Å². The number of benzene rings is 2. The molecule has 9 heteroatoms. The van der Waals surface area contributed by atoms with Crippen molar-refractivity contribution in [2.24, 2.45) is 11.7 Å². The number of para-hydroxylation sites is 2. The molecule has 0 saturated carbocycles. The van der Waals surface area contributed by atoms with Gasteiger partial charge < -0.3 is 26.0 Å². The van der Waals surface area contributed by atoms with Crippen molar-refractivity contribution in [3.05, 3.63) is 59.7 Å². The van der Waals surface area contributed by atoms with Crippen molar-refractivity contribution < 1.29 is 23.9 Å². The zero-order valence-electron chi connectivity index (χ0n) is 17.1. The molecule has 2 aromatic rings. The summed E-state index contributed by atoms with van der Waals surface area (Å²) in [6.45, 7) is 0.313. The Hall–Kier alpha value is -3.88. The molecule has 0 bridgehead atoms. The van der Waals surface area contributed by atoms with Gasteiger partial charge in [0.1, 0.15) is 5.75 Å². The quantitative estimate of drug-likeness (QED) is 0.571. The van der Waals surface area contributed by atoms with Gasteiger partial charge in [-0.2, -0.15) is 0 Å². The van der Waals surface area contributed by atoms with Crippen LogP contribution in [-0.4, -0.2) is 43.8 Å². The fraction of sp³-hybridized carbons (Fsp3) is 0.273. The topological polar surface area (TPSA) is 131 Å². The lowest BCUT2D eigenvalue weighted by molar-refractivity contribution is -0.126. The summed E-state index contributed by atoms with van der Waals surface area (Å²) >= 11 is 0. The summed E-state index contributed by atoms with van der Waals surface area (Å²) in [5, 5.41) is 5.25. The van der Waals surface area contributed by atoms with Crippen LogP contribution >= 0.6 is 0 Å². The van der Waals surface area contributed by atoms with Gasteiger partial charge in [-0.3, -0.25) is 19.2 Å². The van der Waals surface area contributed by atoms with Gasteiger partial charge in [0.25, 0.3) is 5.91 Å². The number of rotatable bonds is 8. The molecule has 1 atom stereocenters. The number of hydrogen-bond acceptors (Lipinski definition) is 5. The third-order valence-electron chi connectivity index (χ3n) is 4.98. The Morgan fingerprint density at radius 2 is 1.81 bits per heavy atom. The Kier molecular flexibility index (Phi) is 6.86. The van der Waals surface area contributed by atoms with Gasteiger partial charge in [-0.1, -0.05) is 24.3 Å². The highest BCUT2D eigenvalue weighted by atomic mass is 16.5. The second-order valence-electron chi connectivity index (χ2n) is 7.14. The van der Waals surface area contributed by atoms with Gasteiger partial charge in [0.2, 0.25) is 17.7 Å². The molecule has 31 heavy (non-hydrogen) atoms. The van der Waals surface area contributed by atoms with Crippen molar-refractivity contribution in [2.75, 3.05) is 25.1 Å². The number of carbonyl (C=O) groups is 4. The van der Waals surface area contributed by atoms with Gasteiger partial charge in [0.15, 0.2) is 0 Å². The normalized spacial score (nSPS) is 15.5. The maximum Gasteiger partial charge on any atom is 0.251 e. The van der Waals surface area contributed by atoms with Crippen molar-refractivity contribution in [3.63, 3.8) is 0 Å². The van der Waals surface area contributed by atoms with Crippen LogP contribution in [0.3, 0.4) is 0 Å². The van der Waals surface area contributed by atoms with E-state index >= 15 is 0 Å². The lowest BCUT2D eigenvalue weighted by Crippen LogP contribution is -2.33. The Balaban J connectivity index is 1.55. The van der Waals surface area contributed by atoms with E-state index in [0.29, 0.717) is 17.0 Å². The SMILES string of the molecule is COc1ccccc1N1CC(C(=O)NCc2ccc(C(=O)NCC(N)=O)cc2)CC1=O. The highest BCUT2D eigenvalue weighted by Gasteiger charge is 2.36. The van der Waals surface area contributed by atoms with E-state index in [2.05, 4.69) is 10.6 Å². The van der Waals surface area contributed by atoms with Gasteiger partial charge in [0.05, 0.1) is 25.3 Å². The Morgan fingerprint density at radius 1 is 1.10 bits per heavy atom. The number of nitrogens with two attached hydrogens (primary N) is 1. The summed E-state index contributed by atoms with van der Waals surface area (Å²) in [6, 6.07) is 13.8. The molecule has 4 N–H and O–H groups in total. The van der Waals surface area contributed by atoms with Crippen LogP contribution in [0.5, 0.6) is 5.75 Å². The van der Waals surface area contributed by atoms with Crippen LogP contribution in [0.2, 0.25) is 0 Å². The van der Waals surface area contributed by atoms with Crippen molar-refractivity contribution in [1.82, 2.24) is 10.6 Å². The molecule has 1 fully saturated rings. The monoisotopic (exact) mass is 424 g/mol. The average Bonchev–Trinajstić information content (AvgIpc) is 3.17. The second-order valence-corrected chi connectivity index (χ2v) is 7.14. The second kappa shape index (κ2) is 9.75. The number of amides is 4. The molecule has 0 spiro atoms. The van der Waals surface area contributed by atoms with E-state index in [4.69, 9.17) is 10.5 Å². The van der Waals surface area contributed by atoms with Crippen LogP contribution in [0.25, 0.3) is 0 Å². The number of primary amides is 1. The minimum absolute atomic E-state index is 0.128. The minimum Gasteiger partial charge on any atom is -0.495 e. The standard InChI is InChI=1S/C22H24N4O5/c1-31-18-5-3-2-4-17(18)26-13-16(10-20(26)28)22(30)24-11-14-6-8-15(9-7-14)21(29)25-12-19(23)27/h2-9,16H,10-13H2,1H3,(H2,23,27)(H,24,30)(H,25,29). The largest absolute Gasteiger partial charge is 0.495 e. The van der Waals surface area contributed by atoms with Crippen molar-refractivity contribution in [1.29, 1.82) is 0 Å². The molecule has 1 unspecified atom stereocenters. The fourth-order valence-corrected chi connectivity index (χ4v) is 3.35. The van der Waals surface area contributed by atoms with E-state index in [1.807, 2.05) is 12.1 Å². The van der Waals surface area contributed by atoms with E-state index in [1.54, 1.807) is 41.3 Å². The molecule has 2 aromatic carbocycles. The zero-order valence-corrected chi connectivity index (χ0v) is 17.1. The summed E-state index contributed by atoms with van der Waals surface area (Å²) in [5.74, 6) is -1.25. The predicted octanol–water partition coefficient (Wildman–Crippen LogP) is 0.580. The van der Waals surface area contributed by atoms with Gasteiger partial charge in [-0.15, -0.1) is 0 Å². The van der Waals surface area contributed by atoms with Crippen molar-refractivity contribution in [3.8, 4) is 5.75 Å². The van der Waals surface area contributed by atoms with Crippen molar-refractivity contribution >= 4 is 29.3 Å². The number of anilines is 1. The number of carbonyl (C=O) groups excluding carboxylic acids is 4. The maximum absolute atomic E-state index is 12.6. The number of hydrogen-bond donors (Lipinski definition) is 3. The van der Waals surface area contributed by atoms with E-state index in [-0.39, 0.29) is 37.9 Å². The Bertz CT molecular complexity index is 990. The zero-order chi connectivity index (χ0) is 22.4. The number of nitrogens with one attached hydrogen (secondary N) is 2. The summed E-state index contributed by atoms with van der Waals surface area (Å²) in [7, 11) is 1.54. The van der Waals surface area contributed by atoms with Gasteiger partial charge in [-0.05, 0) is 29.8 Å². The van der Waals surface area contributed by atoms with Crippen molar-refractivity contribution in [2.45, 2.75) is 13.0 Å². The molecule has 0 aromatic heterocycles. The third-order valence-corrected chi connectivity index (χ3v) is 4.98. The molecule has 162 valence electrons. The van der Waals surface area contributed by atoms with Gasteiger partial charge in [0, 0.05) is 25.1 Å². The lowest BCUT2D eigenvalue weighted by Gasteiger charge is -2.19. The van der Waals surface area contributed by atoms with E-state index < -0.39 is 17.7 Å². The third kappa shape index (κ3) is 5.39.